The second kappa shape index (κ2) is 6.96. The molecule has 5 heteroatoms. The molecule has 0 spiro atoms. The van der Waals surface area contributed by atoms with Crippen LogP contribution in [0.4, 0.5) is 5.82 Å². The molecule has 0 bridgehead atoms. The largest absolute Gasteiger partial charge is 0.478 e. The molecule has 0 atom stereocenters. The lowest BCUT2D eigenvalue weighted by Crippen LogP contribution is -2.11. The number of hydrogen-bond acceptors (Lipinski definition) is 4. The third-order valence-corrected chi connectivity index (χ3v) is 3.69. The minimum absolute atomic E-state index is 0.206. The van der Waals surface area contributed by atoms with Gasteiger partial charge in [-0.3, -0.25) is 0 Å². The first-order valence-electron chi connectivity index (χ1n) is 6.28. The first kappa shape index (κ1) is 14.4. The van der Waals surface area contributed by atoms with Crippen molar-refractivity contribution in [3.05, 3.63) is 48.6 Å². The fourth-order valence-electron chi connectivity index (χ4n) is 1.82. The molecule has 0 fully saturated rings. The van der Waals surface area contributed by atoms with Crippen LogP contribution >= 0.6 is 11.8 Å². The highest BCUT2D eigenvalue weighted by Crippen LogP contribution is 2.20. The highest BCUT2D eigenvalue weighted by molar-refractivity contribution is 7.99. The van der Waals surface area contributed by atoms with Crippen LogP contribution in [0.3, 0.4) is 0 Å². The number of carboxylic acids is 1. The first-order chi connectivity index (χ1) is 9.72. The highest BCUT2D eigenvalue weighted by Gasteiger charge is 2.12. The summed E-state index contributed by atoms with van der Waals surface area (Å²) in [6, 6.07) is 9.15. The molecule has 0 amide bonds. The third-order valence-electron chi connectivity index (χ3n) is 2.73. The molecule has 0 aliphatic heterocycles. The Bertz CT molecular complexity index is 628. The van der Waals surface area contributed by atoms with Gasteiger partial charge in [0.05, 0.1) is 5.52 Å². The van der Waals surface area contributed by atoms with Crippen molar-refractivity contribution in [2.75, 3.05) is 23.4 Å². The number of carboxylic acid groups (broad SMARTS) is 1. The van der Waals surface area contributed by atoms with Crippen LogP contribution in [-0.4, -0.2) is 34.1 Å². The molecule has 2 aromatic rings. The molecule has 0 unspecified atom stereocenters. The summed E-state index contributed by atoms with van der Waals surface area (Å²) in [5.74, 6) is 1.22. The zero-order chi connectivity index (χ0) is 14.4. The Morgan fingerprint density at radius 3 is 3.00 bits per heavy atom. The first-order valence-corrected chi connectivity index (χ1v) is 7.43. The van der Waals surface area contributed by atoms with Crippen molar-refractivity contribution in [1.29, 1.82) is 0 Å². The van der Waals surface area contributed by atoms with E-state index in [1.807, 2.05) is 30.3 Å². The molecule has 1 heterocycles. The lowest BCUT2D eigenvalue weighted by molar-refractivity contribution is 0.0698. The van der Waals surface area contributed by atoms with Crippen LogP contribution in [0.15, 0.2) is 43.0 Å². The zero-order valence-corrected chi connectivity index (χ0v) is 11.8. The number of aromatic carboxylic acids is 1. The molecule has 0 saturated carbocycles. The number of carbonyl (C=O) groups is 1. The van der Waals surface area contributed by atoms with E-state index >= 15 is 0 Å². The lowest BCUT2D eigenvalue weighted by Gasteiger charge is -2.09. The number of nitrogens with one attached hydrogen (secondary N) is 1. The highest BCUT2D eigenvalue weighted by atomic mass is 32.2. The Labute approximate surface area is 121 Å². The second-order valence-electron chi connectivity index (χ2n) is 4.17. The van der Waals surface area contributed by atoms with Crippen molar-refractivity contribution in [1.82, 2.24) is 4.98 Å². The second-order valence-corrected chi connectivity index (χ2v) is 5.32. The summed E-state index contributed by atoms with van der Waals surface area (Å²) in [5, 5.41) is 13.2. The average molecular weight is 288 g/mol. The van der Waals surface area contributed by atoms with Gasteiger partial charge in [0, 0.05) is 23.4 Å². The lowest BCUT2D eigenvalue weighted by atomic mass is 10.1. The van der Waals surface area contributed by atoms with E-state index in [-0.39, 0.29) is 5.56 Å². The van der Waals surface area contributed by atoms with Crippen LogP contribution < -0.4 is 5.32 Å². The summed E-state index contributed by atoms with van der Waals surface area (Å²) in [5.41, 5.74) is 0.996. The van der Waals surface area contributed by atoms with E-state index in [0.29, 0.717) is 12.4 Å². The molecule has 1 aromatic heterocycles. The van der Waals surface area contributed by atoms with Crippen molar-refractivity contribution < 1.29 is 9.90 Å². The quantitative estimate of drug-likeness (QED) is 0.605. The maximum atomic E-state index is 11.3. The molecule has 4 nitrogen and oxygen atoms in total. The minimum Gasteiger partial charge on any atom is -0.478 e. The van der Waals surface area contributed by atoms with Crippen LogP contribution in [-0.2, 0) is 0 Å². The van der Waals surface area contributed by atoms with Gasteiger partial charge in [-0.25, -0.2) is 9.78 Å². The van der Waals surface area contributed by atoms with Crippen molar-refractivity contribution in [2.45, 2.75) is 0 Å². The zero-order valence-electron chi connectivity index (χ0n) is 11.0. The molecule has 2 N–H and O–H groups in total. The normalized spacial score (nSPS) is 10.4. The molecular formula is C15H16N2O2S. The maximum absolute atomic E-state index is 11.3. The topological polar surface area (TPSA) is 62.2 Å². The van der Waals surface area contributed by atoms with E-state index < -0.39 is 5.97 Å². The number of thioether (sulfide) groups is 1. The summed E-state index contributed by atoms with van der Waals surface area (Å²) in [6.07, 6.45) is 1.85. The Balaban J connectivity index is 2.19. The fourth-order valence-corrected chi connectivity index (χ4v) is 2.40. The van der Waals surface area contributed by atoms with Gasteiger partial charge in [0.2, 0.25) is 0 Å². The molecule has 1 aromatic carbocycles. The van der Waals surface area contributed by atoms with Crippen molar-refractivity contribution in [2.24, 2.45) is 0 Å². The Morgan fingerprint density at radius 1 is 1.45 bits per heavy atom. The van der Waals surface area contributed by atoms with Crippen LogP contribution in [0.1, 0.15) is 10.4 Å². The van der Waals surface area contributed by atoms with E-state index in [0.717, 1.165) is 22.4 Å². The number of aromatic nitrogens is 1. The molecule has 20 heavy (non-hydrogen) atoms. The molecule has 104 valence electrons. The van der Waals surface area contributed by atoms with Crippen LogP contribution in [0.25, 0.3) is 10.9 Å². The minimum atomic E-state index is -0.968. The third kappa shape index (κ3) is 3.51. The van der Waals surface area contributed by atoms with E-state index in [9.17, 15) is 9.90 Å². The summed E-state index contributed by atoms with van der Waals surface area (Å²) in [6.45, 7) is 4.33. The molecular weight excluding hydrogens is 272 g/mol. The van der Waals surface area contributed by atoms with Gasteiger partial charge < -0.3 is 10.4 Å². The number of nitrogens with zero attached hydrogens (tertiary/aromatic N) is 1. The Hall–Kier alpha value is -2.01. The molecule has 2 rings (SSSR count). The Kier molecular flexibility index (Phi) is 5.01. The fraction of sp³-hybridized carbons (Fsp3) is 0.200. The molecule has 0 radical (unpaired) electrons. The number of pyridine rings is 1. The van der Waals surface area contributed by atoms with Crippen molar-refractivity contribution in [3.63, 3.8) is 0 Å². The van der Waals surface area contributed by atoms with Gasteiger partial charge in [-0.2, -0.15) is 11.8 Å². The van der Waals surface area contributed by atoms with Crippen LogP contribution in [0.5, 0.6) is 0 Å². The van der Waals surface area contributed by atoms with E-state index in [1.54, 1.807) is 17.8 Å². The summed E-state index contributed by atoms with van der Waals surface area (Å²) in [7, 11) is 0. The number of para-hydroxylation sites is 1. The number of rotatable bonds is 7. The van der Waals surface area contributed by atoms with E-state index in [1.165, 1.54) is 0 Å². The van der Waals surface area contributed by atoms with E-state index in [4.69, 9.17) is 0 Å². The average Bonchev–Trinajstić information content (AvgIpc) is 2.46. The summed E-state index contributed by atoms with van der Waals surface area (Å²) in [4.78, 5) is 15.7. The maximum Gasteiger partial charge on any atom is 0.339 e. The summed E-state index contributed by atoms with van der Waals surface area (Å²) < 4.78 is 0. The number of hydrogen-bond donors (Lipinski definition) is 2. The van der Waals surface area contributed by atoms with Gasteiger partial charge >= 0.3 is 5.97 Å². The van der Waals surface area contributed by atoms with Crippen LogP contribution in [0, 0.1) is 0 Å². The smallest absolute Gasteiger partial charge is 0.339 e. The van der Waals surface area contributed by atoms with Gasteiger partial charge in [-0.05, 0) is 12.1 Å². The van der Waals surface area contributed by atoms with Crippen molar-refractivity contribution >= 4 is 34.5 Å². The SMILES string of the molecule is C=CCSCCNc1nc2ccccc2cc1C(=O)O. The van der Waals surface area contributed by atoms with Gasteiger partial charge in [0.25, 0.3) is 0 Å². The number of benzene rings is 1. The number of fused-ring (bicyclic) bond motifs is 1. The Morgan fingerprint density at radius 2 is 2.25 bits per heavy atom. The predicted octanol–water partition coefficient (Wildman–Crippen LogP) is 3.26. The van der Waals surface area contributed by atoms with Gasteiger partial charge in [0.1, 0.15) is 11.4 Å². The van der Waals surface area contributed by atoms with Crippen LogP contribution in [0.2, 0.25) is 0 Å². The van der Waals surface area contributed by atoms with E-state index in [2.05, 4.69) is 16.9 Å². The van der Waals surface area contributed by atoms with Gasteiger partial charge in [-0.1, -0.05) is 24.3 Å². The van der Waals surface area contributed by atoms with Gasteiger partial charge in [-0.15, -0.1) is 6.58 Å². The number of anilines is 1. The molecule has 0 aliphatic carbocycles. The molecule has 0 aliphatic rings. The molecule has 0 saturated heterocycles. The van der Waals surface area contributed by atoms with Gasteiger partial charge in [0.15, 0.2) is 0 Å². The van der Waals surface area contributed by atoms with Crippen molar-refractivity contribution in [3.8, 4) is 0 Å². The summed E-state index contributed by atoms with van der Waals surface area (Å²) >= 11 is 1.73. The standard InChI is InChI=1S/C15H16N2O2S/c1-2-8-20-9-7-16-14-12(15(18)19)10-11-5-3-4-6-13(11)17-14/h2-6,10H,1,7-9H2,(H,16,17)(H,18,19). The predicted molar refractivity (Wildman–Crippen MR) is 84.7 cm³/mol. The monoisotopic (exact) mass is 288 g/mol.